The van der Waals surface area contributed by atoms with Crippen LogP contribution in [0, 0.1) is 20.8 Å². The molecule has 1 amide bonds. The molecule has 0 bridgehead atoms. The third kappa shape index (κ3) is 3.76. The highest BCUT2D eigenvalue weighted by atomic mass is 32.2. The normalized spacial score (nSPS) is 12.2. The molecule has 0 saturated carbocycles. The number of imidazole rings is 1. The van der Waals surface area contributed by atoms with E-state index < -0.39 is 0 Å². The molecule has 0 fully saturated rings. The second-order valence-electron chi connectivity index (χ2n) is 5.87. The topological polar surface area (TPSA) is 73.0 Å². The largest absolute Gasteiger partial charge is 0.360 e. The zero-order valence-corrected chi connectivity index (χ0v) is 15.4. The number of hydrogen-bond acceptors (Lipinski definition) is 5. The van der Waals surface area contributed by atoms with Gasteiger partial charge in [0.25, 0.3) is 0 Å². The van der Waals surface area contributed by atoms with Crippen molar-refractivity contribution < 1.29 is 9.32 Å². The van der Waals surface area contributed by atoms with Crippen molar-refractivity contribution in [1.29, 1.82) is 0 Å². The molecule has 0 spiro atoms. The van der Waals surface area contributed by atoms with Gasteiger partial charge in [-0.05, 0) is 44.9 Å². The first-order chi connectivity index (χ1) is 12.0. The first kappa shape index (κ1) is 17.3. The van der Waals surface area contributed by atoms with E-state index in [9.17, 15) is 4.79 Å². The van der Waals surface area contributed by atoms with E-state index in [0.717, 1.165) is 10.8 Å². The Labute approximate surface area is 150 Å². The van der Waals surface area contributed by atoms with Crippen LogP contribution in [0.25, 0.3) is 5.69 Å². The summed E-state index contributed by atoms with van der Waals surface area (Å²) >= 11 is 1.40. The molecule has 0 aliphatic carbocycles. The van der Waals surface area contributed by atoms with Gasteiger partial charge in [-0.3, -0.25) is 9.36 Å². The highest BCUT2D eigenvalue weighted by molar-refractivity contribution is 8.00. The Hall–Kier alpha value is -2.54. The van der Waals surface area contributed by atoms with Crippen molar-refractivity contribution in [3.63, 3.8) is 0 Å². The maximum atomic E-state index is 12.4. The Kier molecular flexibility index (Phi) is 4.94. The second-order valence-corrected chi connectivity index (χ2v) is 7.18. The maximum Gasteiger partial charge on any atom is 0.238 e. The maximum absolute atomic E-state index is 12.4. The third-order valence-corrected chi connectivity index (χ3v) is 5.05. The highest BCUT2D eigenvalue weighted by Gasteiger charge is 2.19. The van der Waals surface area contributed by atoms with Crippen LogP contribution in [0.4, 0.5) is 5.82 Å². The lowest BCUT2D eigenvalue weighted by Gasteiger charge is -2.14. The van der Waals surface area contributed by atoms with Gasteiger partial charge in [0.05, 0.1) is 10.9 Å². The van der Waals surface area contributed by atoms with Gasteiger partial charge < -0.3 is 9.84 Å². The summed E-state index contributed by atoms with van der Waals surface area (Å²) in [6, 6.07) is 7.84. The van der Waals surface area contributed by atoms with Crippen molar-refractivity contribution in [2.75, 3.05) is 5.32 Å². The summed E-state index contributed by atoms with van der Waals surface area (Å²) in [4.78, 5) is 16.8. The van der Waals surface area contributed by atoms with Crippen molar-refractivity contribution >= 4 is 23.5 Å². The molecule has 0 saturated heterocycles. The first-order valence-corrected chi connectivity index (χ1v) is 8.84. The van der Waals surface area contributed by atoms with E-state index in [1.54, 1.807) is 19.2 Å². The second kappa shape index (κ2) is 7.14. The molecule has 3 aromatic rings. The standard InChI is InChI=1S/C18H20N4O2S/c1-11-6-5-7-15(13(11)3)22-9-8-19-18(22)25-14(4)17(23)20-16-10-12(2)24-21-16/h5-10,14H,1-4H3,(H,20,21,23)/t14-/m0/s1. The monoisotopic (exact) mass is 356 g/mol. The van der Waals surface area contributed by atoms with Crippen LogP contribution in [0.15, 0.2) is 46.3 Å². The van der Waals surface area contributed by atoms with E-state index in [0.29, 0.717) is 11.6 Å². The number of nitrogens with zero attached hydrogens (tertiary/aromatic N) is 3. The Morgan fingerprint density at radius 2 is 2.12 bits per heavy atom. The van der Waals surface area contributed by atoms with Crippen LogP contribution in [0.2, 0.25) is 0 Å². The molecule has 3 rings (SSSR count). The van der Waals surface area contributed by atoms with E-state index in [-0.39, 0.29) is 11.2 Å². The van der Waals surface area contributed by atoms with Gasteiger partial charge in [0, 0.05) is 18.5 Å². The number of anilines is 1. The molecule has 0 unspecified atom stereocenters. The van der Waals surface area contributed by atoms with Crippen molar-refractivity contribution in [2.24, 2.45) is 0 Å². The molecule has 1 atom stereocenters. The zero-order valence-electron chi connectivity index (χ0n) is 14.6. The Bertz CT molecular complexity index is 900. The molecule has 25 heavy (non-hydrogen) atoms. The van der Waals surface area contributed by atoms with Crippen LogP contribution in [0.5, 0.6) is 0 Å². The van der Waals surface area contributed by atoms with E-state index in [4.69, 9.17) is 4.52 Å². The molecular formula is C18H20N4O2S. The van der Waals surface area contributed by atoms with Crippen LogP contribution >= 0.6 is 11.8 Å². The van der Waals surface area contributed by atoms with Crippen molar-refractivity contribution in [3.8, 4) is 5.69 Å². The van der Waals surface area contributed by atoms with Gasteiger partial charge in [0.1, 0.15) is 5.76 Å². The fourth-order valence-corrected chi connectivity index (χ4v) is 3.30. The Balaban J connectivity index is 1.76. The lowest BCUT2D eigenvalue weighted by atomic mass is 10.1. The average molecular weight is 356 g/mol. The number of aryl methyl sites for hydroxylation is 2. The number of aromatic nitrogens is 3. The molecule has 2 heterocycles. The number of carbonyl (C=O) groups excluding carboxylic acids is 1. The van der Waals surface area contributed by atoms with E-state index in [1.165, 1.54) is 22.9 Å². The number of amides is 1. The SMILES string of the molecule is Cc1cc(NC(=O)[C@H](C)Sc2nccn2-c2cccc(C)c2C)no1. The molecule has 0 aliphatic heterocycles. The lowest BCUT2D eigenvalue weighted by Crippen LogP contribution is -2.23. The fraction of sp³-hybridized carbons (Fsp3) is 0.278. The highest BCUT2D eigenvalue weighted by Crippen LogP contribution is 2.27. The van der Waals surface area contributed by atoms with Gasteiger partial charge in [-0.1, -0.05) is 29.1 Å². The first-order valence-electron chi connectivity index (χ1n) is 7.96. The summed E-state index contributed by atoms with van der Waals surface area (Å²) in [5.41, 5.74) is 3.48. The molecule has 0 aliphatic rings. The van der Waals surface area contributed by atoms with Crippen molar-refractivity contribution in [1.82, 2.24) is 14.7 Å². The van der Waals surface area contributed by atoms with Crippen LogP contribution in [0.3, 0.4) is 0 Å². The molecule has 2 aromatic heterocycles. The van der Waals surface area contributed by atoms with Crippen LogP contribution in [-0.4, -0.2) is 25.9 Å². The van der Waals surface area contributed by atoms with Gasteiger partial charge >= 0.3 is 0 Å². The fourth-order valence-electron chi connectivity index (χ4n) is 2.42. The van der Waals surface area contributed by atoms with Crippen molar-refractivity contribution in [3.05, 3.63) is 53.5 Å². The van der Waals surface area contributed by atoms with Gasteiger partial charge in [-0.25, -0.2) is 4.98 Å². The van der Waals surface area contributed by atoms with Crippen LogP contribution < -0.4 is 5.32 Å². The van der Waals surface area contributed by atoms with Crippen LogP contribution in [-0.2, 0) is 4.79 Å². The smallest absolute Gasteiger partial charge is 0.238 e. The summed E-state index contributed by atoms with van der Waals surface area (Å²) in [5, 5.41) is 6.98. The summed E-state index contributed by atoms with van der Waals surface area (Å²) in [5.74, 6) is 0.933. The minimum absolute atomic E-state index is 0.145. The summed E-state index contributed by atoms with van der Waals surface area (Å²) < 4.78 is 6.98. The molecule has 130 valence electrons. The molecule has 6 nitrogen and oxygen atoms in total. The zero-order chi connectivity index (χ0) is 18.0. The van der Waals surface area contributed by atoms with Crippen LogP contribution in [0.1, 0.15) is 23.8 Å². The molecular weight excluding hydrogens is 336 g/mol. The van der Waals surface area contributed by atoms with Gasteiger partial charge in [-0.15, -0.1) is 0 Å². The summed E-state index contributed by atoms with van der Waals surface area (Å²) in [6.07, 6.45) is 3.66. The van der Waals surface area contributed by atoms with Gasteiger partial charge in [0.15, 0.2) is 11.0 Å². The number of hydrogen-bond donors (Lipinski definition) is 1. The average Bonchev–Trinajstić information content (AvgIpc) is 3.19. The number of nitrogens with one attached hydrogen (secondary N) is 1. The quantitative estimate of drug-likeness (QED) is 0.702. The molecule has 1 N–H and O–H groups in total. The lowest BCUT2D eigenvalue weighted by molar-refractivity contribution is -0.115. The molecule has 7 heteroatoms. The predicted octanol–water partition coefficient (Wildman–Crippen LogP) is 3.90. The van der Waals surface area contributed by atoms with Gasteiger partial charge in [-0.2, -0.15) is 0 Å². The minimum atomic E-state index is -0.330. The molecule has 1 aromatic carbocycles. The Morgan fingerprint density at radius 3 is 2.84 bits per heavy atom. The number of benzene rings is 1. The number of thioether (sulfide) groups is 1. The minimum Gasteiger partial charge on any atom is -0.360 e. The van der Waals surface area contributed by atoms with E-state index in [2.05, 4.69) is 41.4 Å². The number of rotatable bonds is 5. The van der Waals surface area contributed by atoms with E-state index in [1.807, 2.05) is 23.8 Å². The molecule has 0 radical (unpaired) electrons. The van der Waals surface area contributed by atoms with Crippen molar-refractivity contribution in [2.45, 2.75) is 38.1 Å². The van der Waals surface area contributed by atoms with Gasteiger partial charge in [0.2, 0.25) is 5.91 Å². The Morgan fingerprint density at radius 1 is 1.32 bits per heavy atom. The summed E-state index contributed by atoms with van der Waals surface area (Å²) in [6.45, 7) is 7.79. The summed E-state index contributed by atoms with van der Waals surface area (Å²) in [7, 11) is 0. The van der Waals surface area contributed by atoms with E-state index >= 15 is 0 Å². The predicted molar refractivity (Wildman–Crippen MR) is 98.2 cm³/mol. The number of carbonyl (C=O) groups is 1. The third-order valence-electron chi connectivity index (χ3n) is 3.97.